The van der Waals surface area contributed by atoms with Crippen molar-refractivity contribution >= 4 is 22.6 Å². The maximum absolute atomic E-state index is 12.9. The molecule has 0 radical (unpaired) electrons. The zero-order valence-corrected chi connectivity index (χ0v) is 18.2. The van der Waals surface area contributed by atoms with Crippen LogP contribution in [-0.2, 0) is 9.53 Å². The van der Waals surface area contributed by atoms with Gasteiger partial charge in [0.05, 0.1) is 30.4 Å². The number of benzene rings is 1. The summed E-state index contributed by atoms with van der Waals surface area (Å²) in [5.41, 5.74) is 2.28. The fourth-order valence-corrected chi connectivity index (χ4v) is 4.46. The topological polar surface area (TPSA) is 94.4 Å². The lowest BCUT2D eigenvalue weighted by Crippen LogP contribution is -2.55. The Labute approximate surface area is 189 Å². The molecule has 2 fully saturated rings. The number of nitrogens with zero attached hydrogens (tertiary/aromatic N) is 5. The summed E-state index contributed by atoms with van der Waals surface area (Å²) in [4.78, 5) is 25.0. The van der Waals surface area contributed by atoms with Crippen LogP contribution in [0, 0.1) is 11.3 Å². The Bertz CT molecular complexity index is 1050. The van der Waals surface area contributed by atoms with E-state index in [1.54, 1.807) is 18.3 Å². The lowest BCUT2D eigenvalue weighted by atomic mass is 10.0. The summed E-state index contributed by atoms with van der Waals surface area (Å²) in [6, 6.07) is 5.43. The molecule has 2 unspecified atom stereocenters. The van der Waals surface area contributed by atoms with Gasteiger partial charge in [-0.2, -0.15) is 18.4 Å². The molecule has 1 aromatic carbocycles. The Morgan fingerprint density at radius 2 is 1.91 bits per heavy atom. The monoisotopic (exact) mass is 462 g/mol. The van der Waals surface area contributed by atoms with Gasteiger partial charge in [-0.05, 0) is 31.9 Å². The Morgan fingerprint density at radius 3 is 2.58 bits per heavy atom. The predicted octanol–water partition coefficient (Wildman–Crippen LogP) is 2.24. The number of amides is 1. The highest BCUT2D eigenvalue weighted by atomic mass is 19.4. The fourth-order valence-electron chi connectivity index (χ4n) is 4.46. The van der Waals surface area contributed by atoms with E-state index in [0.717, 1.165) is 5.69 Å². The van der Waals surface area contributed by atoms with Crippen molar-refractivity contribution in [2.45, 2.75) is 44.2 Å². The third kappa shape index (κ3) is 5.51. The highest BCUT2D eigenvalue weighted by Gasteiger charge is 2.35. The fraction of sp³-hybridized carbons (Fsp3) is 0.545. The van der Waals surface area contributed by atoms with Crippen LogP contribution in [0.25, 0.3) is 11.0 Å². The lowest BCUT2D eigenvalue weighted by Gasteiger charge is -2.39. The summed E-state index contributed by atoms with van der Waals surface area (Å²) < 4.78 is 43.6. The van der Waals surface area contributed by atoms with E-state index in [0.29, 0.717) is 42.5 Å². The first-order valence-electron chi connectivity index (χ1n) is 10.9. The number of likely N-dealkylation sites (tertiary alicyclic amines) is 1. The van der Waals surface area contributed by atoms with E-state index in [2.05, 4.69) is 21.4 Å². The largest absolute Gasteiger partial charge is 0.401 e. The van der Waals surface area contributed by atoms with Gasteiger partial charge in [0.25, 0.3) is 5.91 Å². The highest BCUT2D eigenvalue weighted by molar-refractivity contribution is 5.92. The second kappa shape index (κ2) is 9.49. The lowest BCUT2D eigenvalue weighted by molar-refractivity contribution is -0.149. The van der Waals surface area contributed by atoms with E-state index in [9.17, 15) is 23.2 Å². The average molecular weight is 462 g/mol. The van der Waals surface area contributed by atoms with E-state index in [-0.39, 0.29) is 31.1 Å². The van der Waals surface area contributed by atoms with Gasteiger partial charge in [-0.25, -0.2) is 0 Å². The number of carbonyl (C=O) groups is 1. The number of hydrogen-bond donors (Lipinski definition) is 1. The molecule has 0 saturated carbocycles. The molecule has 8 nitrogen and oxygen atoms in total. The van der Waals surface area contributed by atoms with Crippen molar-refractivity contribution in [1.29, 1.82) is 5.26 Å². The van der Waals surface area contributed by atoms with E-state index >= 15 is 0 Å². The van der Waals surface area contributed by atoms with Crippen LogP contribution in [-0.4, -0.2) is 77.9 Å². The van der Waals surface area contributed by atoms with E-state index in [1.807, 2.05) is 11.8 Å². The number of alkyl halides is 3. The van der Waals surface area contributed by atoms with Crippen LogP contribution in [0.3, 0.4) is 0 Å². The Morgan fingerprint density at radius 1 is 1.21 bits per heavy atom. The van der Waals surface area contributed by atoms with Crippen LogP contribution in [0.2, 0.25) is 0 Å². The molecule has 2 aliphatic rings. The Kier molecular flexibility index (Phi) is 6.67. The van der Waals surface area contributed by atoms with Gasteiger partial charge in [-0.3, -0.25) is 19.7 Å². The van der Waals surface area contributed by atoms with Gasteiger partial charge in [0, 0.05) is 38.1 Å². The molecule has 176 valence electrons. The van der Waals surface area contributed by atoms with Crippen LogP contribution in [0.1, 0.15) is 25.3 Å². The Hall–Kier alpha value is -2.97. The molecule has 2 aromatic rings. The number of rotatable bonds is 4. The number of fused-ring (bicyclic) bond motifs is 1. The maximum atomic E-state index is 12.9. The van der Waals surface area contributed by atoms with Gasteiger partial charge in [0.2, 0.25) is 0 Å². The van der Waals surface area contributed by atoms with E-state index < -0.39 is 18.8 Å². The zero-order valence-electron chi connectivity index (χ0n) is 18.2. The van der Waals surface area contributed by atoms with Crippen LogP contribution in [0.4, 0.5) is 18.9 Å². The first kappa shape index (κ1) is 23.2. The Balaban J connectivity index is 1.42. The maximum Gasteiger partial charge on any atom is 0.401 e. The number of piperidine rings is 1. The van der Waals surface area contributed by atoms with Crippen LogP contribution in [0.15, 0.2) is 24.5 Å². The minimum absolute atomic E-state index is 0.183. The van der Waals surface area contributed by atoms with Crippen LogP contribution >= 0.6 is 0 Å². The molecule has 3 heterocycles. The van der Waals surface area contributed by atoms with Crippen molar-refractivity contribution in [3.8, 4) is 6.07 Å². The molecule has 11 heteroatoms. The molecule has 0 aliphatic carbocycles. The summed E-state index contributed by atoms with van der Waals surface area (Å²) >= 11 is 0. The second-order valence-corrected chi connectivity index (χ2v) is 8.51. The predicted molar refractivity (Wildman–Crippen MR) is 114 cm³/mol. The number of aromatic nitrogens is 2. The molecule has 33 heavy (non-hydrogen) atoms. The van der Waals surface area contributed by atoms with Gasteiger partial charge in [-0.15, -0.1) is 0 Å². The summed E-state index contributed by atoms with van der Waals surface area (Å²) in [6.07, 6.45) is -1.16. The quantitative estimate of drug-likeness (QED) is 0.745. The molecular weight excluding hydrogens is 437 g/mol. The number of nitriles is 1. The van der Waals surface area contributed by atoms with Crippen LogP contribution in [0.5, 0.6) is 0 Å². The zero-order chi connectivity index (χ0) is 23.6. The number of carbonyl (C=O) groups excluding carboxylic acids is 1. The number of halogens is 3. The molecule has 2 atom stereocenters. The molecular formula is C22H25F3N6O2. The smallest absolute Gasteiger partial charge is 0.364 e. The third-order valence-electron chi connectivity index (χ3n) is 5.95. The molecule has 0 bridgehead atoms. The molecule has 2 aliphatic heterocycles. The van der Waals surface area contributed by atoms with Crippen molar-refractivity contribution in [1.82, 2.24) is 20.2 Å². The minimum atomic E-state index is -4.22. The molecule has 4 rings (SSSR count). The van der Waals surface area contributed by atoms with Gasteiger partial charge < -0.3 is 15.0 Å². The van der Waals surface area contributed by atoms with Gasteiger partial charge in [0.1, 0.15) is 17.1 Å². The van der Waals surface area contributed by atoms with Crippen molar-refractivity contribution in [2.75, 3.05) is 37.6 Å². The summed E-state index contributed by atoms with van der Waals surface area (Å²) in [5.74, 6) is -0.273. The first-order valence-corrected chi connectivity index (χ1v) is 10.9. The van der Waals surface area contributed by atoms with Crippen molar-refractivity contribution in [2.24, 2.45) is 0 Å². The SMILES string of the molecule is CC1CN(c2ccc(C#N)c3nccnc23)CC(C(=O)NC2CCN(CC(F)(F)F)CC2)O1. The van der Waals surface area contributed by atoms with E-state index in [1.165, 1.54) is 11.1 Å². The highest BCUT2D eigenvalue weighted by Crippen LogP contribution is 2.29. The number of ether oxygens (including phenoxy) is 1. The van der Waals surface area contributed by atoms with Gasteiger partial charge in [-0.1, -0.05) is 0 Å². The molecule has 2 saturated heterocycles. The molecule has 1 aromatic heterocycles. The van der Waals surface area contributed by atoms with Gasteiger partial charge >= 0.3 is 6.18 Å². The first-order chi connectivity index (χ1) is 15.7. The third-order valence-corrected chi connectivity index (χ3v) is 5.95. The molecule has 1 N–H and O–H groups in total. The number of anilines is 1. The standard InChI is InChI=1S/C22H25F3N6O2/c1-14-11-31(17-3-2-15(10-26)19-20(17)28-7-6-27-19)12-18(33-14)21(32)29-16-4-8-30(9-5-16)13-22(23,24)25/h2-3,6-7,14,16,18H,4-5,8-9,11-13H2,1H3,(H,29,32). The van der Waals surface area contributed by atoms with Crippen molar-refractivity contribution < 1.29 is 22.7 Å². The molecule has 1 amide bonds. The number of hydrogen-bond acceptors (Lipinski definition) is 7. The summed E-state index contributed by atoms with van der Waals surface area (Å²) in [6.45, 7) is 2.35. The second-order valence-electron chi connectivity index (χ2n) is 8.51. The summed E-state index contributed by atoms with van der Waals surface area (Å²) in [7, 11) is 0. The molecule has 0 spiro atoms. The van der Waals surface area contributed by atoms with Gasteiger partial charge in [0.15, 0.2) is 6.10 Å². The number of morpholine rings is 1. The van der Waals surface area contributed by atoms with Crippen molar-refractivity contribution in [3.05, 3.63) is 30.1 Å². The number of nitrogens with one attached hydrogen (secondary N) is 1. The summed E-state index contributed by atoms with van der Waals surface area (Å²) in [5, 5.41) is 12.3. The van der Waals surface area contributed by atoms with E-state index in [4.69, 9.17) is 4.74 Å². The average Bonchev–Trinajstić information content (AvgIpc) is 2.78. The van der Waals surface area contributed by atoms with Crippen molar-refractivity contribution in [3.63, 3.8) is 0 Å². The van der Waals surface area contributed by atoms with Crippen LogP contribution < -0.4 is 10.2 Å². The minimum Gasteiger partial charge on any atom is -0.364 e. The normalized spacial score (nSPS) is 22.8.